The van der Waals surface area contributed by atoms with E-state index in [-0.39, 0.29) is 23.8 Å². The summed E-state index contributed by atoms with van der Waals surface area (Å²) in [6.45, 7) is 0.0850. The molecule has 1 aliphatic rings. The Labute approximate surface area is 280 Å². The van der Waals surface area contributed by atoms with E-state index < -0.39 is 11.9 Å². The summed E-state index contributed by atoms with van der Waals surface area (Å²) in [6.07, 6.45) is 1.38. The molecule has 0 atom stereocenters. The van der Waals surface area contributed by atoms with Crippen molar-refractivity contribution in [3.8, 4) is 34.1 Å². The largest absolute Gasteiger partial charge is 0.495 e. The standard InChI is InChI=1S/C31H19Br3ClN3O6/c1-41-23-9-7-19(33)26-25(18-4-2-3-5-21(18)35)28(37-27(23)26)30(39)38-36-13-16-10-17(32)12-20(34)29(16)44-31(40)15-6-8-22-24(11-15)43-14-42-22/h2-13,37H,14H2,1H3,(H,38,39). The number of hydrogen-bond acceptors (Lipinski definition) is 7. The molecule has 0 unspecified atom stereocenters. The lowest BCUT2D eigenvalue weighted by molar-refractivity contribution is 0.0732. The van der Waals surface area contributed by atoms with Gasteiger partial charge in [0.1, 0.15) is 11.4 Å². The van der Waals surface area contributed by atoms with Crippen LogP contribution in [-0.4, -0.2) is 37.0 Å². The summed E-state index contributed by atoms with van der Waals surface area (Å²) in [4.78, 5) is 29.8. The molecule has 1 amide bonds. The molecule has 0 fully saturated rings. The van der Waals surface area contributed by atoms with Gasteiger partial charge in [0.25, 0.3) is 5.91 Å². The van der Waals surface area contributed by atoms with Crippen molar-refractivity contribution < 1.29 is 28.5 Å². The maximum absolute atomic E-state index is 13.6. The molecule has 2 heterocycles. The van der Waals surface area contributed by atoms with Crippen LogP contribution in [0.3, 0.4) is 0 Å². The molecule has 0 aliphatic carbocycles. The first kappa shape index (κ1) is 30.2. The minimum atomic E-state index is -0.619. The molecule has 2 N–H and O–H groups in total. The molecule has 1 aliphatic heterocycles. The number of benzene rings is 4. The number of nitrogens with zero attached hydrogens (tertiary/aromatic N) is 1. The van der Waals surface area contributed by atoms with Gasteiger partial charge < -0.3 is 23.9 Å². The van der Waals surface area contributed by atoms with Gasteiger partial charge in [-0.2, -0.15) is 5.10 Å². The van der Waals surface area contributed by atoms with E-state index >= 15 is 0 Å². The van der Waals surface area contributed by atoms with Gasteiger partial charge in [-0.25, -0.2) is 10.2 Å². The minimum absolute atomic E-state index is 0.0850. The topological polar surface area (TPSA) is 111 Å². The predicted molar refractivity (Wildman–Crippen MR) is 177 cm³/mol. The summed E-state index contributed by atoms with van der Waals surface area (Å²) in [5.41, 5.74) is 5.31. The SMILES string of the molecule is COc1ccc(Br)c2c(-c3ccccc3Cl)c(C(=O)NN=Cc3cc(Br)cc(Br)c3OC(=O)c3ccc4c(c3)OCO4)[nH]c12. The van der Waals surface area contributed by atoms with Gasteiger partial charge in [0.15, 0.2) is 17.2 Å². The number of aromatic amines is 1. The lowest BCUT2D eigenvalue weighted by Crippen LogP contribution is -2.19. The van der Waals surface area contributed by atoms with Crippen molar-refractivity contribution in [3.05, 3.63) is 102 Å². The van der Waals surface area contributed by atoms with Crippen molar-refractivity contribution in [2.75, 3.05) is 13.9 Å². The molecule has 0 saturated heterocycles. The first-order valence-corrected chi connectivity index (χ1v) is 15.6. The predicted octanol–water partition coefficient (Wildman–Crippen LogP) is 8.50. The number of halogens is 4. The fourth-order valence-corrected chi connectivity index (χ4v) is 6.79. The zero-order valence-corrected chi connectivity index (χ0v) is 28.1. The molecule has 0 radical (unpaired) electrons. The minimum Gasteiger partial charge on any atom is -0.495 e. The van der Waals surface area contributed by atoms with E-state index in [0.29, 0.717) is 53.4 Å². The van der Waals surface area contributed by atoms with Crippen LogP contribution < -0.4 is 24.4 Å². The molecular weight excluding hydrogens is 786 g/mol. The molecular formula is C31H19Br3ClN3O6. The number of fused-ring (bicyclic) bond motifs is 2. The molecule has 5 aromatic rings. The van der Waals surface area contributed by atoms with Crippen molar-refractivity contribution >= 4 is 88.4 Å². The molecule has 44 heavy (non-hydrogen) atoms. The van der Waals surface area contributed by atoms with Gasteiger partial charge in [-0.3, -0.25) is 4.79 Å². The summed E-state index contributed by atoms with van der Waals surface area (Å²) in [5.74, 6) is 0.600. The summed E-state index contributed by atoms with van der Waals surface area (Å²) in [5, 5.41) is 5.38. The van der Waals surface area contributed by atoms with Crippen molar-refractivity contribution in [1.82, 2.24) is 10.4 Å². The number of rotatable bonds is 7. The second kappa shape index (κ2) is 12.6. The fraction of sp³-hybridized carbons (Fsp3) is 0.0645. The van der Waals surface area contributed by atoms with Crippen molar-refractivity contribution in [3.63, 3.8) is 0 Å². The van der Waals surface area contributed by atoms with E-state index in [1.54, 1.807) is 49.6 Å². The zero-order chi connectivity index (χ0) is 31.0. The fourth-order valence-electron chi connectivity index (χ4n) is 4.69. The number of hydrazone groups is 1. The van der Waals surface area contributed by atoms with E-state index in [1.165, 1.54) is 6.21 Å². The smallest absolute Gasteiger partial charge is 0.343 e. The molecule has 13 heteroatoms. The molecule has 4 aromatic carbocycles. The van der Waals surface area contributed by atoms with E-state index in [9.17, 15) is 9.59 Å². The number of esters is 1. The van der Waals surface area contributed by atoms with Gasteiger partial charge in [-0.05, 0) is 64.5 Å². The van der Waals surface area contributed by atoms with Gasteiger partial charge in [0.05, 0.1) is 28.9 Å². The molecule has 1 aromatic heterocycles. The maximum Gasteiger partial charge on any atom is 0.343 e. The third kappa shape index (κ3) is 5.82. The van der Waals surface area contributed by atoms with Crippen LogP contribution in [0.5, 0.6) is 23.0 Å². The van der Waals surface area contributed by atoms with Crippen molar-refractivity contribution in [1.29, 1.82) is 0 Å². The summed E-state index contributed by atoms with van der Waals surface area (Å²) in [6, 6.07) is 19.1. The van der Waals surface area contributed by atoms with Crippen LogP contribution in [-0.2, 0) is 0 Å². The van der Waals surface area contributed by atoms with Crippen LogP contribution in [0.1, 0.15) is 26.4 Å². The Bertz CT molecular complexity index is 1990. The normalized spacial score (nSPS) is 12.1. The average Bonchev–Trinajstić information content (AvgIpc) is 3.64. The summed E-state index contributed by atoms with van der Waals surface area (Å²) >= 11 is 17.1. The molecule has 9 nitrogen and oxygen atoms in total. The number of hydrogen-bond donors (Lipinski definition) is 2. The quantitative estimate of drug-likeness (QED) is 0.0740. The average molecular weight is 805 g/mol. The van der Waals surface area contributed by atoms with Gasteiger partial charge in [0.2, 0.25) is 6.79 Å². The second-order valence-corrected chi connectivity index (χ2v) is 12.3. The third-order valence-electron chi connectivity index (χ3n) is 6.67. The molecule has 0 saturated carbocycles. The van der Waals surface area contributed by atoms with Crippen LogP contribution >= 0.6 is 59.4 Å². The van der Waals surface area contributed by atoms with E-state index in [1.807, 2.05) is 24.3 Å². The Kier molecular flexibility index (Phi) is 8.68. The lowest BCUT2D eigenvalue weighted by Gasteiger charge is -2.11. The van der Waals surface area contributed by atoms with E-state index in [4.69, 9.17) is 30.5 Å². The number of methoxy groups -OCH3 is 1. The first-order valence-electron chi connectivity index (χ1n) is 12.8. The van der Waals surface area contributed by atoms with Crippen molar-refractivity contribution in [2.24, 2.45) is 5.10 Å². The Balaban J connectivity index is 1.32. The Hall–Kier alpha value is -3.84. The molecule has 0 bridgehead atoms. The first-order chi connectivity index (χ1) is 21.2. The van der Waals surface area contributed by atoms with Crippen LogP contribution in [0.4, 0.5) is 0 Å². The lowest BCUT2D eigenvalue weighted by atomic mass is 10.0. The van der Waals surface area contributed by atoms with Crippen molar-refractivity contribution in [2.45, 2.75) is 0 Å². The van der Waals surface area contributed by atoms with Crippen LogP contribution in [0.15, 0.2) is 85.2 Å². The van der Waals surface area contributed by atoms with E-state index in [2.05, 4.69) is 63.3 Å². The highest BCUT2D eigenvalue weighted by molar-refractivity contribution is 9.11. The number of aromatic nitrogens is 1. The number of H-pyrrole nitrogens is 1. The number of carbonyl (C=O) groups excluding carboxylic acids is 2. The second-order valence-electron chi connectivity index (χ2n) is 9.32. The summed E-state index contributed by atoms with van der Waals surface area (Å²) in [7, 11) is 1.55. The Morgan fingerprint density at radius 2 is 1.80 bits per heavy atom. The Morgan fingerprint density at radius 1 is 1.00 bits per heavy atom. The highest BCUT2D eigenvalue weighted by Crippen LogP contribution is 2.43. The summed E-state index contributed by atoms with van der Waals surface area (Å²) < 4.78 is 23.9. The van der Waals surface area contributed by atoms with Gasteiger partial charge in [-0.1, -0.05) is 61.7 Å². The van der Waals surface area contributed by atoms with Gasteiger partial charge in [0, 0.05) is 36.0 Å². The number of amides is 1. The molecule has 6 rings (SSSR count). The highest BCUT2D eigenvalue weighted by atomic mass is 79.9. The third-order valence-corrected chi connectivity index (χ3v) is 8.70. The molecule has 0 spiro atoms. The number of carbonyl (C=O) groups is 2. The van der Waals surface area contributed by atoms with Gasteiger partial charge >= 0.3 is 5.97 Å². The van der Waals surface area contributed by atoms with Crippen LogP contribution in [0, 0.1) is 0 Å². The number of nitrogens with one attached hydrogen (secondary N) is 2. The Morgan fingerprint density at radius 3 is 2.59 bits per heavy atom. The van der Waals surface area contributed by atoms with Crippen LogP contribution in [0.2, 0.25) is 5.02 Å². The zero-order valence-electron chi connectivity index (χ0n) is 22.5. The highest BCUT2D eigenvalue weighted by Gasteiger charge is 2.25. The van der Waals surface area contributed by atoms with Crippen LogP contribution in [0.25, 0.3) is 22.0 Å². The molecule has 222 valence electrons. The van der Waals surface area contributed by atoms with E-state index in [0.717, 1.165) is 9.86 Å². The maximum atomic E-state index is 13.6. The van der Waals surface area contributed by atoms with Gasteiger partial charge in [-0.15, -0.1) is 0 Å². The monoisotopic (exact) mass is 801 g/mol. The number of ether oxygens (including phenoxy) is 4.